The summed E-state index contributed by atoms with van der Waals surface area (Å²) in [5.41, 5.74) is 0. The maximum absolute atomic E-state index is 12.6. The van der Waals surface area contributed by atoms with Crippen molar-refractivity contribution in [2.24, 2.45) is 5.92 Å². The van der Waals surface area contributed by atoms with Crippen molar-refractivity contribution in [3.8, 4) is 0 Å². The van der Waals surface area contributed by atoms with E-state index < -0.39 is 35.7 Å². The van der Waals surface area contributed by atoms with E-state index in [0.717, 1.165) is 29.2 Å². The molecular weight excluding hydrogens is 592 g/mol. The van der Waals surface area contributed by atoms with Gasteiger partial charge < -0.3 is 25.5 Å². The van der Waals surface area contributed by atoms with Crippen molar-refractivity contribution >= 4 is 58.6 Å². The smallest absolute Gasteiger partial charge is 0.253 e. The number of Topliss-reactive ketones (excluding diaryl/α,β-unsaturated/α-hetero) is 3. The summed E-state index contributed by atoms with van der Waals surface area (Å²) < 4.78 is 5.40. The van der Waals surface area contributed by atoms with Gasteiger partial charge in [-0.1, -0.05) is 6.92 Å². The number of carbonyl (C=O) groups excluding carboxylic acids is 8. The molecule has 0 saturated heterocycles. The predicted molar refractivity (Wildman–Crippen MR) is 164 cm³/mol. The minimum absolute atomic E-state index is 0.00510. The molecule has 3 N–H and O–H groups in total. The fourth-order valence-corrected chi connectivity index (χ4v) is 4.87. The number of hydrogen-bond donors (Lipinski definition) is 3. The fourth-order valence-electron chi connectivity index (χ4n) is 3.97. The van der Waals surface area contributed by atoms with Gasteiger partial charge in [-0.15, -0.1) is 0 Å². The van der Waals surface area contributed by atoms with Crippen LogP contribution >= 0.6 is 11.8 Å². The first-order chi connectivity index (χ1) is 20.8. The van der Waals surface area contributed by atoms with Crippen molar-refractivity contribution in [2.45, 2.75) is 84.7 Å². The number of hydrogen-bond acceptors (Lipinski definition) is 10. The molecule has 0 aromatic carbocycles. The van der Waals surface area contributed by atoms with Gasteiger partial charge in [-0.05, 0) is 39.4 Å². The molecule has 1 rings (SSSR count). The number of thioether (sulfide) groups is 1. The maximum atomic E-state index is 12.6. The van der Waals surface area contributed by atoms with E-state index >= 15 is 0 Å². The predicted octanol–water partition coefficient (Wildman–Crippen LogP) is 0.881. The van der Waals surface area contributed by atoms with Gasteiger partial charge in [0.2, 0.25) is 17.7 Å². The summed E-state index contributed by atoms with van der Waals surface area (Å²) in [7, 11) is 0. The second-order valence-corrected chi connectivity index (χ2v) is 11.9. The molecule has 1 aliphatic rings. The average molecular weight is 639 g/mol. The maximum Gasteiger partial charge on any atom is 0.253 e. The quantitative estimate of drug-likeness (QED) is 0.101. The van der Waals surface area contributed by atoms with Gasteiger partial charge in [0, 0.05) is 75.6 Å². The number of ether oxygens (including phenoxy) is 1. The molecule has 0 bridgehead atoms. The normalized spacial score (nSPS) is 14.6. The largest absolute Gasteiger partial charge is 0.380 e. The molecule has 0 fully saturated rings. The molecule has 246 valence electrons. The lowest BCUT2D eigenvalue weighted by Crippen LogP contribution is -2.43. The SMILES string of the molecule is CC(=O)CCCSCCC(=O)C(C)NC(=O)C(C)CC(=O)C(C)NC(=O)CCCOCCNC(=O)CCN1C(=O)C=CC1=O. The van der Waals surface area contributed by atoms with Crippen LogP contribution in [0.3, 0.4) is 0 Å². The Morgan fingerprint density at radius 1 is 0.795 bits per heavy atom. The highest BCUT2D eigenvalue weighted by molar-refractivity contribution is 7.99. The molecule has 0 aliphatic carbocycles. The molecule has 0 aromatic heterocycles. The molecule has 0 saturated carbocycles. The van der Waals surface area contributed by atoms with Gasteiger partial charge in [0.05, 0.1) is 18.7 Å². The first kappa shape index (κ1) is 38.6. The van der Waals surface area contributed by atoms with E-state index in [1.165, 1.54) is 0 Å². The molecule has 14 heteroatoms. The second kappa shape index (κ2) is 21.3. The lowest BCUT2D eigenvalue weighted by molar-refractivity contribution is -0.137. The van der Waals surface area contributed by atoms with Crippen LogP contribution in [0.5, 0.6) is 0 Å². The summed E-state index contributed by atoms with van der Waals surface area (Å²) in [6, 6.07) is -1.46. The first-order valence-corrected chi connectivity index (χ1v) is 16.1. The van der Waals surface area contributed by atoms with Gasteiger partial charge >= 0.3 is 0 Å². The van der Waals surface area contributed by atoms with Crippen molar-refractivity contribution in [3.05, 3.63) is 12.2 Å². The lowest BCUT2D eigenvalue weighted by atomic mass is 9.99. The minimum Gasteiger partial charge on any atom is -0.380 e. The summed E-state index contributed by atoms with van der Waals surface area (Å²) in [6.07, 6.45) is 4.35. The molecule has 0 spiro atoms. The van der Waals surface area contributed by atoms with E-state index in [9.17, 15) is 38.4 Å². The Balaban J connectivity index is 2.14. The summed E-state index contributed by atoms with van der Waals surface area (Å²) in [6.45, 7) is 7.03. The van der Waals surface area contributed by atoms with Gasteiger partial charge in [-0.3, -0.25) is 38.5 Å². The Morgan fingerprint density at radius 3 is 2.11 bits per heavy atom. The van der Waals surface area contributed by atoms with Gasteiger partial charge in [-0.25, -0.2) is 0 Å². The number of ketones is 3. The molecule has 0 radical (unpaired) electrons. The second-order valence-electron chi connectivity index (χ2n) is 10.7. The Hall–Kier alpha value is -3.39. The molecule has 1 aliphatic heterocycles. The standard InChI is InChI=1S/C30H46N4O9S/c1-20(30(42)33-22(3)24(36)12-18-44-17-6-7-21(2)35)19-25(37)23(4)32-27(39)8-5-15-43-16-13-31-26(38)11-14-34-28(40)9-10-29(34)41/h9-10,20,22-23H,5-8,11-19H2,1-4H3,(H,31,38)(H,32,39)(H,33,42). The van der Waals surface area contributed by atoms with Gasteiger partial charge in [-0.2, -0.15) is 11.8 Å². The van der Waals surface area contributed by atoms with Crippen molar-refractivity contribution in [2.75, 3.05) is 37.8 Å². The van der Waals surface area contributed by atoms with Crippen molar-refractivity contribution in [1.29, 1.82) is 0 Å². The van der Waals surface area contributed by atoms with Crippen LogP contribution in [0.4, 0.5) is 0 Å². The van der Waals surface area contributed by atoms with Crippen LogP contribution in [0.2, 0.25) is 0 Å². The Morgan fingerprint density at radius 2 is 1.45 bits per heavy atom. The molecule has 0 aromatic rings. The summed E-state index contributed by atoms with van der Waals surface area (Å²) in [5, 5.41) is 7.91. The van der Waals surface area contributed by atoms with Crippen LogP contribution in [0.15, 0.2) is 12.2 Å². The number of amides is 5. The van der Waals surface area contributed by atoms with Crippen LogP contribution < -0.4 is 16.0 Å². The molecule has 5 amide bonds. The van der Waals surface area contributed by atoms with Gasteiger partial charge in [0.15, 0.2) is 11.6 Å². The molecule has 3 atom stereocenters. The van der Waals surface area contributed by atoms with E-state index in [-0.39, 0.29) is 74.7 Å². The molecule has 1 heterocycles. The molecule has 44 heavy (non-hydrogen) atoms. The summed E-state index contributed by atoms with van der Waals surface area (Å²) in [5.74, 6) is -1.46. The third-order valence-corrected chi connectivity index (χ3v) is 7.76. The van der Waals surface area contributed by atoms with Gasteiger partial charge in [0.1, 0.15) is 5.78 Å². The monoisotopic (exact) mass is 638 g/mol. The number of imide groups is 1. The van der Waals surface area contributed by atoms with Crippen LogP contribution in [-0.2, 0) is 43.1 Å². The zero-order chi connectivity index (χ0) is 33.1. The zero-order valence-corrected chi connectivity index (χ0v) is 26.9. The molecule has 3 unspecified atom stereocenters. The Bertz CT molecular complexity index is 1060. The summed E-state index contributed by atoms with van der Waals surface area (Å²) >= 11 is 1.59. The van der Waals surface area contributed by atoms with Crippen molar-refractivity contribution in [3.63, 3.8) is 0 Å². The van der Waals surface area contributed by atoms with E-state index in [2.05, 4.69) is 16.0 Å². The van der Waals surface area contributed by atoms with E-state index in [1.54, 1.807) is 39.5 Å². The first-order valence-electron chi connectivity index (χ1n) is 14.9. The van der Waals surface area contributed by atoms with Crippen molar-refractivity contribution in [1.82, 2.24) is 20.9 Å². The van der Waals surface area contributed by atoms with Crippen molar-refractivity contribution < 1.29 is 43.1 Å². The number of nitrogens with zero attached hydrogens (tertiary/aromatic N) is 1. The molecule has 13 nitrogen and oxygen atoms in total. The third-order valence-electron chi connectivity index (χ3n) is 6.69. The van der Waals surface area contributed by atoms with Crippen LogP contribution in [-0.4, -0.2) is 102 Å². The third kappa shape index (κ3) is 16.5. The minimum atomic E-state index is -0.783. The number of rotatable bonds is 24. The van der Waals surface area contributed by atoms with Crippen LogP contribution in [0.25, 0.3) is 0 Å². The number of nitrogens with one attached hydrogen (secondary N) is 3. The highest BCUT2D eigenvalue weighted by Gasteiger charge is 2.25. The zero-order valence-electron chi connectivity index (χ0n) is 26.1. The average Bonchev–Trinajstić information content (AvgIpc) is 3.28. The fraction of sp³-hybridized carbons (Fsp3) is 0.667. The van der Waals surface area contributed by atoms with E-state index in [1.807, 2.05) is 0 Å². The Kier molecular flexibility index (Phi) is 18.7. The highest BCUT2D eigenvalue weighted by atomic mass is 32.2. The van der Waals surface area contributed by atoms with Crippen LogP contribution in [0.1, 0.15) is 72.6 Å². The van der Waals surface area contributed by atoms with Crippen LogP contribution in [0, 0.1) is 5.92 Å². The highest BCUT2D eigenvalue weighted by Crippen LogP contribution is 2.10. The van der Waals surface area contributed by atoms with E-state index in [0.29, 0.717) is 25.0 Å². The summed E-state index contributed by atoms with van der Waals surface area (Å²) in [4.78, 5) is 96.3. The van der Waals surface area contributed by atoms with Gasteiger partial charge in [0.25, 0.3) is 11.8 Å². The Labute approximate surface area is 263 Å². The topological polar surface area (TPSA) is 185 Å². The van der Waals surface area contributed by atoms with E-state index in [4.69, 9.17) is 4.74 Å². The molecular formula is C30H46N4O9S. The number of carbonyl (C=O) groups is 8. The lowest BCUT2D eigenvalue weighted by Gasteiger charge is -2.18.